The van der Waals surface area contributed by atoms with Crippen molar-refractivity contribution in [2.24, 2.45) is 0 Å². The molecule has 8 nitrogen and oxygen atoms in total. The van der Waals surface area contributed by atoms with Gasteiger partial charge in [0.05, 0.1) is 17.5 Å². The van der Waals surface area contributed by atoms with Crippen LogP contribution in [0.3, 0.4) is 0 Å². The van der Waals surface area contributed by atoms with Crippen LogP contribution in [0, 0.1) is 0 Å². The standard InChI is InChI=1S/C22H26F3N3O5S/c1-34(31,32)28-15-4-2-14(3-5-15)10-11-26-12-16(29)13-33-19-8-7-18(22(23,24)25)21-17(19)6-9-20(30)27-21/h2-5,7-8,16,26,28-29H,6,9-13H2,1H3,(H,27,30). The summed E-state index contributed by atoms with van der Waals surface area (Å²) in [5, 5.41) is 15.5. The van der Waals surface area contributed by atoms with Gasteiger partial charge in [0.1, 0.15) is 18.5 Å². The third-order valence-corrected chi connectivity index (χ3v) is 5.71. The summed E-state index contributed by atoms with van der Waals surface area (Å²) in [6, 6.07) is 8.98. The van der Waals surface area contributed by atoms with E-state index in [0.29, 0.717) is 18.7 Å². The first kappa shape index (κ1) is 25.8. The molecule has 2 aromatic rings. The lowest BCUT2D eigenvalue weighted by Gasteiger charge is -2.24. The van der Waals surface area contributed by atoms with Crippen LogP contribution in [0.4, 0.5) is 24.5 Å². The Morgan fingerprint density at radius 3 is 2.50 bits per heavy atom. The highest BCUT2D eigenvalue weighted by Crippen LogP contribution is 2.42. The van der Waals surface area contributed by atoms with Crippen LogP contribution < -0.4 is 20.1 Å². The summed E-state index contributed by atoms with van der Waals surface area (Å²) in [4.78, 5) is 11.6. The molecule has 4 N–H and O–H groups in total. The molecule has 2 aromatic carbocycles. The largest absolute Gasteiger partial charge is 0.490 e. The van der Waals surface area contributed by atoms with Gasteiger partial charge in [-0.3, -0.25) is 9.52 Å². The van der Waals surface area contributed by atoms with Crippen LogP contribution in [0.5, 0.6) is 5.75 Å². The maximum absolute atomic E-state index is 13.3. The number of fused-ring (bicyclic) bond motifs is 1. The average molecular weight is 502 g/mol. The monoisotopic (exact) mass is 501 g/mol. The van der Waals surface area contributed by atoms with Crippen molar-refractivity contribution < 1.29 is 36.2 Å². The van der Waals surface area contributed by atoms with Gasteiger partial charge in [0.25, 0.3) is 0 Å². The number of anilines is 2. The summed E-state index contributed by atoms with van der Waals surface area (Å²) in [6.45, 7) is 0.607. The number of aliphatic hydroxyl groups excluding tert-OH is 1. The Labute approximate surface area is 195 Å². The van der Waals surface area contributed by atoms with Crippen LogP contribution in [0.15, 0.2) is 36.4 Å². The molecule has 34 heavy (non-hydrogen) atoms. The van der Waals surface area contributed by atoms with Gasteiger partial charge >= 0.3 is 6.18 Å². The van der Waals surface area contributed by atoms with Gasteiger partial charge in [-0.25, -0.2) is 8.42 Å². The van der Waals surface area contributed by atoms with E-state index in [4.69, 9.17) is 4.74 Å². The van der Waals surface area contributed by atoms with Gasteiger partial charge in [0.15, 0.2) is 0 Å². The van der Waals surface area contributed by atoms with E-state index >= 15 is 0 Å². The molecule has 1 unspecified atom stereocenters. The molecular formula is C22H26F3N3O5S. The van der Waals surface area contributed by atoms with Crippen molar-refractivity contribution in [2.75, 3.05) is 36.0 Å². The molecule has 1 aliphatic rings. The smallest absolute Gasteiger partial charge is 0.418 e. The van der Waals surface area contributed by atoms with Gasteiger partial charge in [-0.1, -0.05) is 12.1 Å². The average Bonchev–Trinajstić information content (AvgIpc) is 2.74. The zero-order valence-corrected chi connectivity index (χ0v) is 19.2. The quantitative estimate of drug-likeness (QED) is 0.372. The second-order valence-corrected chi connectivity index (χ2v) is 9.75. The molecule has 3 rings (SSSR count). The number of alkyl halides is 3. The molecule has 12 heteroatoms. The normalized spacial score (nSPS) is 14.8. The highest BCUT2D eigenvalue weighted by atomic mass is 32.2. The van der Waals surface area contributed by atoms with Crippen LogP contribution in [0.25, 0.3) is 0 Å². The van der Waals surface area contributed by atoms with Crippen LogP contribution in [0.1, 0.15) is 23.1 Å². The SMILES string of the molecule is CS(=O)(=O)Nc1ccc(CCNCC(O)COc2ccc(C(F)(F)F)c3c2CCC(=O)N3)cc1. The second kappa shape index (κ2) is 10.6. The van der Waals surface area contributed by atoms with E-state index in [9.17, 15) is 31.5 Å². The number of carbonyl (C=O) groups excluding carboxylic acids is 1. The zero-order chi connectivity index (χ0) is 24.9. The number of sulfonamides is 1. The minimum absolute atomic E-state index is 0.0556. The fourth-order valence-corrected chi connectivity index (χ4v) is 4.10. The van der Waals surface area contributed by atoms with E-state index < -0.39 is 33.8 Å². The zero-order valence-electron chi connectivity index (χ0n) is 18.4. The Morgan fingerprint density at radius 1 is 1.15 bits per heavy atom. The van der Waals surface area contributed by atoms with E-state index in [2.05, 4.69) is 15.4 Å². The minimum Gasteiger partial charge on any atom is -0.490 e. The predicted octanol–water partition coefficient (Wildman–Crippen LogP) is 2.53. The maximum atomic E-state index is 13.3. The van der Waals surface area contributed by atoms with Gasteiger partial charge in [-0.05, 0) is 49.2 Å². The van der Waals surface area contributed by atoms with E-state index in [1.165, 1.54) is 6.07 Å². The fraction of sp³-hybridized carbons (Fsp3) is 0.409. The number of benzene rings is 2. The van der Waals surface area contributed by atoms with Gasteiger partial charge in [-0.2, -0.15) is 13.2 Å². The predicted molar refractivity (Wildman–Crippen MR) is 121 cm³/mol. The van der Waals surface area contributed by atoms with Gasteiger partial charge in [0.2, 0.25) is 15.9 Å². The first-order valence-electron chi connectivity index (χ1n) is 10.5. The molecule has 1 heterocycles. The van der Waals surface area contributed by atoms with Gasteiger partial charge in [-0.15, -0.1) is 0 Å². The second-order valence-electron chi connectivity index (χ2n) is 8.00. The van der Waals surface area contributed by atoms with Crippen LogP contribution >= 0.6 is 0 Å². The van der Waals surface area contributed by atoms with Crippen molar-refractivity contribution in [2.45, 2.75) is 31.5 Å². The number of carbonyl (C=O) groups is 1. The van der Waals surface area contributed by atoms with Crippen molar-refractivity contribution in [3.63, 3.8) is 0 Å². The number of hydrogen-bond donors (Lipinski definition) is 4. The van der Waals surface area contributed by atoms with Crippen molar-refractivity contribution in [3.8, 4) is 5.75 Å². The van der Waals surface area contributed by atoms with E-state index in [-0.39, 0.29) is 43.0 Å². The molecule has 0 radical (unpaired) electrons. The topological polar surface area (TPSA) is 117 Å². The molecule has 186 valence electrons. The number of aliphatic hydroxyl groups is 1. The number of hydrogen-bond acceptors (Lipinski definition) is 6. The summed E-state index contributed by atoms with van der Waals surface area (Å²) in [5.74, 6) is -0.287. The summed E-state index contributed by atoms with van der Waals surface area (Å²) in [7, 11) is -3.33. The molecule has 0 aliphatic carbocycles. The van der Waals surface area contributed by atoms with Crippen LogP contribution in [-0.2, 0) is 33.8 Å². The highest BCUT2D eigenvalue weighted by Gasteiger charge is 2.37. The number of nitrogens with one attached hydrogen (secondary N) is 3. The van der Waals surface area contributed by atoms with E-state index in [1.54, 1.807) is 24.3 Å². The molecule has 1 aliphatic heterocycles. The summed E-state index contributed by atoms with van der Waals surface area (Å²) in [6.07, 6.45) is -3.63. The van der Waals surface area contributed by atoms with Gasteiger partial charge in [0, 0.05) is 24.2 Å². The van der Waals surface area contributed by atoms with Gasteiger partial charge < -0.3 is 20.5 Å². The Kier molecular flexibility index (Phi) is 8.05. The van der Waals surface area contributed by atoms with Crippen molar-refractivity contribution >= 4 is 27.3 Å². The number of rotatable bonds is 10. The van der Waals surface area contributed by atoms with Crippen molar-refractivity contribution in [3.05, 3.63) is 53.1 Å². The number of halogens is 3. The molecular weight excluding hydrogens is 475 g/mol. The summed E-state index contributed by atoms with van der Waals surface area (Å²) < 4.78 is 70.2. The molecule has 0 saturated carbocycles. The Hall–Kier alpha value is -2.83. The molecule has 1 atom stereocenters. The number of amides is 1. The van der Waals surface area contributed by atoms with E-state index in [0.717, 1.165) is 17.9 Å². The third-order valence-electron chi connectivity index (χ3n) is 5.10. The van der Waals surface area contributed by atoms with Crippen molar-refractivity contribution in [1.82, 2.24) is 5.32 Å². The van der Waals surface area contributed by atoms with Crippen molar-refractivity contribution in [1.29, 1.82) is 0 Å². The molecule has 1 amide bonds. The fourth-order valence-electron chi connectivity index (χ4n) is 3.53. The Morgan fingerprint density at radius 2 is 1.85 bits per heavy atom. The molecule has 0 aromatic heterocycles. The lowest BCUT2D eigenvalue weighted by molar-refractivity contribution is -0.137. The molecule has 0 saturated heterocycles. The van der Waals surface area contributed by atoms with E-state index in [1.807, 2.05) is 0 Å². The highest BCUT2D eigenvalue weighted by molar-refractivity contribution is 7.92. The Bertz CT molecular complexity index is 1120. The number of ether oxygens (including phenoxy) is 1. The molecule has 0 bridgehead atoms. The summed E-state index contributed by atoms with van der Waals surface area (Å²) >= 11 is 0. The minimum atomic E-state index is -4.61. The Balaban J connectivity index is 1.48. The van der Waals surface area contributed by atoms with Crippen LogP contribution in [0.2, 0.25) is 0 Å². The summed E-state index contributed by atoms with van der Waals surface area (Å²) in [5.41, 5.74) is 0.493. The molecule has 0 spiro atoms. The third kappa shape index (κ3) is 7.34. The lowest BCUT2D eigenvalue weighted by atomic mass is 9.97. The first-order valence-corrected chi connectivity index (χ1v) is 12.4. The lowest BCUT2D eigenvalue weighted by Crippen LogP contribution is -2.33. The molecule has 0 fully saturated rings. The van der Waals surface area contributed by atoms with Crippen LogP contribution in [-0.4, -0.2) is 51.5 Å². The maximum Gasteiger partial charge on any atom is 0.418 e. The first-order chi connectivity index (χ1) is 15.9.